The zero-order chi connectivity index (χ0) is 49.1. The number of esters is 5. The molecule has 0 aromatic heterocycles. The molecule has 0 aliphatic carbocycles. The van der Waals surface area contributed by atoms with Crippen molar-refractivity contribution in [1.82, 2.24) is 0 Å². The Bertz CT molecular complexity index is 2870. The van der Waals surface area contributed by atoms with Crippen LogP contribution in [0.5, 0.6) is 86.2 Å². The predicted molar refractivity (Wildman–Crippen MR) is 208 cm³/mol. The summed E-state index contributed by atoms with van der Waals surface area (Å²) in [7, 11) is 0. The highest BCUT2D eigenvalue weighted by Gasteiger charge is 2.55. The van der Waals surface area contributed by atoms with Gasteiger partial charge >= 0.3 is 29.8 Å². The molecule has 0 spiro atoms. The fraction of sp³-hybridized carbons (Fsp3) is 0.146. The molecule has 2 aliphatic rings. The van der Waals surface area contributed by atoms with Crippen LogP contribution in [0.25, 0.3) is 11.1 Å². The van der Waals surface area contributed by atoms with Crippen molar-refractivity contribution in [1.29, 1.82) is 0 Å². The molecule has 2 aliphatic heterocycles. The van der Waals surface area contributed by atoms with E-state index >= 15 is 0 Å². The van der Waals surface area contributed by atoms with Crippen molar-refractivity contribution in [3.8, 4) is 97.4 Å². The molecule has 5 atom stereocenters. The molecule has 2 heterocycles. The van der Waals surface area contributed by atoms with Gasteiger partial charge in [0.2, 0.25) is 23.9 Å². The van der Waals surface area contributed by atoms with Gasteiger partial charge in [-0.1, -0.05) is 0 Å². The summed E-state index contributed by atoms with van der Waals surface area (Å²) < 4.78 is 33.4. The molecule has 0 radical (unpaired) electrons. The van der Waals surface area contributed by atoms with Gasteiger partial charge in [0.05, 0.1) is 27.8 Å². The van der Waals surface area contributed by atoms with Crippen LogP contribution in [0.1, 0.15) is 51.8 Å². The van der Waals surface area contributed by atoms with E-state index in [9.17, 15) is 101 Å². The third-order valence-electron chi connectivity index (χ3n) is 10.0. The molecule has 5 aromatic rings. The lowest BCUT2D eigenvalue weighted by atomic mass is 9.92. The average Bonchev–Trinajstić information content (AvgIpc) is 3.29. The standard InChI is InChI=1S/C41H30O26/c42-15-1-10(2-16(43)26(15)50)36(57)65-34-33-23(9-62-39(60)13-7-21(48)29(53)31(55)24(13)25-14(40(61)64-33)8-22(49)30(54)32(25)56)63-41(67-38(59)12-5-19(46)28(52)20(47)6-12)35(34)66-37(58)11-3-17(44)27(51)18(45)4-11/h1-8,23,33-35,41-56H,9H2/t23-,33-,34+,35-,41+/m1/s1. The largest absolute Gasteiger partial charge is 0.504 e. The van der Waals surface area contributed by atoms with Gasteiger partial charge in [-0.05, 0) is 48.5 Å². The summed E-state index contributed by atoms with van der Waals surface area (Å²) >= 11 is 0. The Labute approximate surface area is 369 Å². The van der Waals surface area contributed by atoms with Gasteiger partial charge in [0, 0.05) is 11.1 Å². The maximum atomic E-state index is 14.4. The molecule has 0 amide bonds. The van der Waals surface area contributed by atoms with Crippen LogP contribution in [0, 0.1) is 0 Å². The zero-order valence-corrected chi connectivity index (χ0v) is 32.9. The van der Waals surface area contributed by atoms with E-state index in [1.165, 1.54) is 0 Å². The highest BCUT2D eigenvalue weighted by molar-refractivity contribution is 6.08. The van der Waals surface area contributed by atoms with E-state index in [4.69, 9.17) is 28.4 Å². The van der Waals surface area contributed by atoms with Gasteiger partial charge in [-0.3, -0.25) is 0 Å². The molecule has 0 saturated carbocycles. The molecule has 1 saturated heterocycles. The van der Waals surface area contributed by atoms with E-state index in [-0.39, 0.29) is 0 Å². The molecule has 15 N–H and O–H groups in total. The van der Waals surface area contributed by atoms with Crippen molar-refractivity contribution < 1.29 is 129 Å². The Kier molecular flexibility index (Phi) is 11.4. The Morgan fingerprint density at radius 1 is 0.433 bits per heavy atom. The maximum absolute atomic E-state index is 14.4. The number of fused-ring (bicyclic) bond motifs is 4. The van der Waals surface area contributed by atoms with Crippen molar-refractivity contribution in [2.75, 3.05) is 6.61 Å². The number of hydrogen-bond donors (Lipinski definition) is 15. The van der Waals surface area contributed by atoms with E-state index in [1.807, 2.05) is 0 Å². The molecule has 67 heavy (non-hydrogen) atoms. The summed E-state index contributed by atoms with van der Waals surface area (Å²) in [5.74, 6) is -26.5. The van der Waals surface area contributed by atoms with Gasteiger partial charge in [0.25, 0.3) is 0 Å². The molecule has 350 valence electrons. The fourth-order valence-electron chi connectivity index (χ4n) is 6.77. The second-order valence-corrected chi connectivity index (χ2v) is 14.3. The van der Waals surface area contributed by atoms with E-state index < -0.39 is 192 Å². The predicted octanol–water partition coefficient (Wildman–Crippen LogP) is 1.67. The van der Waals surface area contributed by atoms with Crippen LogP contribution in [0.2, 0.25) is 0 Å². The highest BCUT2D eigenvalue weighted by Crippen LogP contribution is 2.53. The summed E-state index contributed by atoms with van der Waals surface area (Å²) in [5, 5.41) is 154. The van der Waals surface area contributed by atoms with Gasteiger partial charge in [-0.25, -0.2) is 24.0 Å². The monoisotopic (exact) mass is 938 g/mol. The van der Waals surface area contributed by atoms with Crippen molar-refractivity contribution >= 4 is 29.8 Å². The topological polar surface area (TPSA) is 444 Å². The fourth-order valence-corrected chi connectivity index (χ4v) is 6.77. The summed E-state index contributed by atoms with van der Waals surface area (Å²) in [4.78, 5) is 69.7. The summed E-state index contributed by atoms with van der Waals surface area (Å²) in [6, 6.07) is 4.13. The van der Waals surface area contributed by atoms with Gasteiger partial charge in [-0.15, -0.1) is 0 Å². The van der Waals surface area contributed by atoms with Gasteiger partial charge in [0.1, 0.15) is 12.7 Å². The highest BCUT2D eigenvalue weighted by atomic mass is 16.7. The smallest absolute Gasteiger partial charge is 0.340 e. The number of phenols is 15. The molecule has 5 aromatic carbocycles. The first-order chi connectivity index (χ1) is 31.5. The third kappa shape index (κ3) is 8.12. The molecule has 26 nitrogen and oxygen atoms in total. The summed E-state index contributed by atoms with van der Waals surface area (Å²) in [6.45, 7) is -1.26. The quantitative estimate of drug-likeness (QED) is 0.0654. The van der Waals surface area contributed by atoms with Crippen LogP contribution in [0.15, 0.2) is 48.5 Å². The molecule has 7 rings (SSSR count). The molecular formula is C41H30O26. The van der Waals surface area contributed by atoms with Crippen molar-refractivity contribution in [3.63, 3.8) is 0 Å². The zero-order valence-electron chi connectivity index (χ0n) is 32.9. The molecule has 0 bridgehead atoms. The average molecular weight is 939 g/mol. The Hall–Kier alpha value is -9.59. The Balaban J connectivity index is 1.44. The first-order valence-corrected chi connectivity index (χ1v) is 18.5. The number of hydrogen-bond acceptors (Lipinski definition) is 26. The first-order valence-electron chi connectivity index (χ1n) is 18.5. The molecule has 1 fully saturated rings. The lowest BCUT2D eigenvalue weighted by molar-refractivity contribution is -0.282. The van der Waals surface area contributed by atoms with Crippen LogP contribution in [0.3, 0.4) is 0 Å². The number of benzene rings is 5. The number of aromatic hydroxyl groups is 15. The number of phenolic OH excluding ortho intramolecular Hbond substituents is 15. The second kappa shape index (κ2) is 16.8. The minimum Gasteiger partial charge on any atom is -0.504 e. The normalized spacial score (nSPS) is 19.0. The Morgan fingerprint density at radius 3 is 1.18 bits per heavy atom. The molecular weight excluding hydrogens is 908 g/mol. The second-order valence-electron chi connectivity index (χ2n) is 14.3. The van der Waals surface area contributed by atoms with E-state index in [2.05, 4.69) is 0 Å². The van der Waals surface area contributed by atoms with Gasteiger partial charge < -0.3 is 105 Å². The number of carbonyl (C=O) groups is 5. The van der Waals surface area contributed by atoms with Crippen LogP contribution in [-0.4, -0.2) is 144 Å². The minimum absolute atomic E-state index is 0.402. The Morgan fingerprint density at radius 2 is 0.776 bits per heavy atom. The number of rotatable bonds is 6. The molecule has 0 unspecified atom stereocenters. The van der Waals surface area contributed by atoms with Crippen LogP contribution in [-0.2, 0) is 28.4 Å². The number of carbonyl (C=O) groups excluding carboxylic acids is 5. The number of ether oxygens (including phenoxy) is 6. The lowest BCUT2D eigenvalue weighted by Crippen LogP contribution is -2.63. The van der Waals surface area contributed by atoms with Crippen LogP contribution >= 0.6 is 0 Å². The third-order valence-corrected chi connectivity index (χ3v) is 10.0. The van der Waals surface area contributed by atoms with Crippen molar-refractivity contribution in [3.05, 3.63) is 76.3 Å². The SMILES string of the molecule is O=C(O[C@@H]1O[C@@H]2COC(=O)c3cc(O)c(O)c(O)c3-c3c(cc(O)c(O)c3O)C(=O)O[C@H]2[C@H](OC(=O)c2cc(O)c(O)c(O)c2)[C@H]1OC(=O)c1cc(O)c(O)c(O)c1)c1cc(O)c(O)c(O)c1. The lowest BCUT2D eigenvalue weighted by Gasteiger charge is -2.43. The van der Waals surface area contributed by atoms with E-state index in [1.54, 1.807) is 0 Å². The van der Waals surface area contributed by atoms with Gasteiger partial charge in [-0.2, -0.15) is 0 Å². The first kappa shape index (κ1) is 45.4. The van der Waals surface area contributed by atoms with Crippen molar-refractivity contribution in [2.24, 2.45) is 0 Å². The number of cyclic esters (lactones) is 1. The minimum atomic E-state index is -2.55. The van der Waals surface area contributed by atoms with E-state index in [0.717, 1.165) is 0 Å². The van der Waals surface area contributed by atoms with E-state index in [0.29, 0.717) is 48.5 Å². The van der Waals surface area contributed by atoms with Gasteiger partial charge in [0.15, 0.2) is 87.0 Å². The summed E-state index contributed by atoms with van der Waals surface area (Å²) in [6.07, 6.45) is -12.2. The maximum Gasteiger partial charge on any atom is 0.340 e. The van der Waals surface area contributed by atoms with Crippen molar-refractivity contribution in [2.45, 2.75) is 30.7 Å². The summed E-state index contributed by atoms with van der Waals surface area (Å²) in [5.41, 5.74) is -6.64. The molecule has 26 heteroatoms. The van der Waals surface area contributed by atoms with Crippen LogP contribution < -0.4 is 0 Å². The van der Waals surface area contributed by atoms with Crippen LogP contribution in [0.4, 0.5) is 0 Å².